The fourth-order valence-electron chi connectivity index (χ4n) is 3.44. The van der Waals surface area contributed by atoms with Crippen molar-refractivity contribution >= 4 is 11.9 Å². The second-order valence-electron chi connectivity index (χ2n) is 5.91. The summed E-state index contributed by atoms with van der Waals surface area (Å²) < 4.78 is 0. The zero-order valence-electron chi connectivity index (χ0n) is 12.2. The fraction of sp³-hybridized carbons (Fsp3) is 0.600. The molecule has 0 bridgehead atoms. The summed E-state index contributed by atoms with van der Waals surface area (Å²) in [6, 6.07) is 4.46. The molecule has 2 aliphatic heterocycles. The van der Waals surface area contributed by atoms with Crippen LogP contribution in [-0.2, 0) is 12.8 Å². The maximum absolute atomic E-state index is 11.2. The molecule has 1 amide bonds. The number of aliphatic hydroxyl groups excluding tert-OH is 1. The number of rotatable bonds is 3. The molecular weight excluding hydrogens is 270 g/mol. The lowest BCUT2D eigenvalue weighted by Gasteiger charge is -2.42. The van der Waals surface area contributed by atoms with Gasteiger partial charge in [0.25, 0.3) is 0 Å². The van der Waals surface area contributed by atoms with E-state index in [1.54, 1.807) is 0 Å². The van der Waals surface area contributed by atoms with Crippen LogP contribution < -0.4 is 4.90 Å². The number of fused-ring (bicyclic) bond motifs is 3. The Morgan fingerprint density at radius 2 is 2.24 bits per heavy atom. The summed E-state index contributed by atoms with van der Waals surface area (Å²) in [7, 11) is 0. The van der Waals surface area contributed by atoms with Gasteiger partial charge in [-0.05, 0) is 37.8 Å². The highest BCUT2D eigenvalue weighted by Gasteiger charge is 2.40. The SMILES string of the molecule is C[C@@H]1CN(C(=O)O)C[C@H]2Cc3ccc(CCCO)nc3N21. The van der Waals surface area contributed by atoms with Crippen LogP contribution in [0.25, 0.3) is 0 Å². The molecule has 0 aromatic carbocycles. The molecule has 1 fully saturated rings. The molecule has 2 aliphatic rings. The zero-order valence-corrected chi connectivity index (χ0v) is 12.2. The number of pyridine rings is 1. The first-order chi connectivity index (χ1) is 10.1. The predicted molar refractivity (Wildman–Crippen MR) is 78.7 cm³/mol. The maximum atomic E-state index is 11.2. The van der Waals surface area contributed by atoms with Crippen LogP contribution in [0, 0.1) is 0 Å². The average Bonchev–Trinajstić information content (AvgIpc) is 2.82. The predicted octanol–water partition coefficient (Wildman–Crippen LogP) is 1.12. The molecule has 6 nitrogen and oxygen atoms in total. The van der Waals surface area contributed by atoms with E-state index in [4.69, 9.17) is 10.1 Å². The van der Waals surface area contributed by atoms with Gasteiger partial charge in [0.05, 0.1) is 6.04 Å². The quantitative estimate of drug-likeness (QED) is 0.872. The van der Waals surface area contributed by atoms with E-state index >= 15 is 0 Å². The van der Waals surface area contributed by atoms with Gasteiger partial charge in [-0.15, -0.1) is 0 Å². The molecule has 0 aliphatic carbocycles. The van der Waals surface area contributed by atoms with Crippen molar-refractivity contribution in [2.24, 2.45) is 0 Å². The molecule has 2 atom stereocenters. The van der Waals surface area contributed by atoms with Crippen LogP contribution in [0.15, 0.2) is 12.1 Å². The zero-order chi connectivity index (χ0) is 15.0. The summed E-state index contributed by atoms with van der Waals surface area (Å²) in [5.74, 6) is 1.01. The number of anilines is 1. The maximum Gasteiger partial charge on any atom is 0.407 e. The second-order valence-corrected chi connectivity index (χ2v) is 5.91. The summed E-state index contributed by atoms with van der Waals surface area (Å²) >= 11 is 0. The lowest BCUT2D eigenvalue weighted by atomic mass is 10.1. The molecule has 6 heteroatoms. The Labute approximate surface area is 124 Å². The molecule has 0 unspecified atom stereocenters. The third kappa shape index (κ3) is 2.55. The van der Waals surface area contributed by atoms with E-state index in [0.717, 1.165) is 30.8 Å². The molecule has 3 rings (SSSR count). The van der Waals surface area contributed by atoms with Gasteiger partial charge in [-0.3, -0.25) is 0 Å². The second kappa shape index (κ2) is 5.52. The standard InChI is InChI=1S/C15H21N3O3/c1-10-8-17(15(20)21)9-13-7-11-4-5-12(3-2-6-19)16-14(11)18(10)13/h4-5,10,13,19H,2-3,6-9H2,1H3,(H,20,21)/t10-,13-/m1/s1. The van der Waals surface area contributed by atoms with Crippen molar-refractivity contribution in [2.75, 3.05) is 24.6 Å². The first kappa shape index (κ1) is 14.1. The first-order valence-corrected chi connectivity index (χ1v) is 7.46. The minimum atomic E-state index is -0.839. The topological polar surface area (TPSA) is 76.9 Å². The Morgan fingerprint density at radius 1 is 1.43 bits per heavy atom. The van der Waals surface area contributed by atoms with E-state index in [1.807, 2.05) is 6.07 Å². The van der Waals surface area contributed by atoms with Crippen LogP contribution in [0.1, 0.15) is 24.6 Å². The van der Waals surface area contributed by atoms with E-state index in [0.29, 0.717) is 13.1 Å². The van der Waals surface area contributed by atoms with Gasteiger partial charge in [0.15, 0.2) is 0 Å². The van der Waals surface area contributed by atoms with Crippen LogP contribution >= 0.6 is 0 Å². The largest absolute Gasteiger partial charge is 0.465 e. The Morgan fingerprint density at radius 3 is 2.95 bits per heavy atom. The third-order valence-corrected chi connectivity index (χ3v) is 4.36. The number of aryl methyl sites for hydroxylation is 1. The Balaban J connectivity index is 1.83. The lowest BCUT2D eigenvalue weighted by Crippen LogP contribution is -2.58. The van der Waals surface area contributed by atoms with Crippen molar-refractivity contribution < 1.29 is 15.0 Å². The van der Waals surface area contributed by atoms with Gasteiger partial charge >= 0.3 is 6.09 Å². The highest BCUT2D eigenvalue weighted by Crippen LogP contribution is 2.35. The van der Waals surface area contributed by atoms with Crippen LogP contribution in [0.4, 0.5) is 10.6 Å². The molecule has 114 valence electrons. The van der Waals surface area contributed by atoms with Crippen LogP contribution in [0.3, 0.4) is 0 Å². The molecular formula is C15H21N3O3. The van der Waals surface area contributed by atoms with E-state index in [-0.39, 0.29) is 18.7 Å². The molecule has 1 saturated heterocycles. The molecule has 1 aromatic rings. The Kier molecular flexibility index (Phi) is 3.71. The minimum absolute atomic E-state index is 0.140. The van der Waals surface area contributed by atoms with E-state index < -0.39 is 6.09 Å². The number of nitrogens with zero attached hydrogens (tertiary/aromatic N) is 3. The number of carboxylic acid groups (broad SMARTS) is 1. The number of aromatic nitrogens is 1. The molecule has 0 radical (unpaired) electrons. The van der Waals surface area contributed by atoms with Gasteiger partial charge in [0.2, 0.25) is 0 Å². The van der Waals surface area contributed by atoms with Crippen molar-refractivity contribution in [1.82, 2.24) is 9.88 Å². The lowest BCUT2D eigenvalue weighted by molar-refractivity contribution is 0.128. The van der Waals surface area contributed by atoms with E-state index in [9.17, 15) is 9.90 Å². The summed E-state index contributed by atoms with van der Waals surface area (Å²) in [6.45, 7) is 3.30. The van der Waals surface area contributed by atoms with Crippen molar-refractivity contribution in [3.63, 3.8) is 0 Å². The molecule has 1 aromatic heterocycles. The van der Waals surface area contributed by atoms with Gasteiger partial charge in [0, 0.05) is 31.4 Å². The van der Waals surface area contributed by atoms with Gasteiger partial charge < -0.3 is 20.0 Å². The molecule has 0 saturated carbocycles. The van der Waals surface area contributed by atoms with Gasteiger partial charge in [0.1, 0.15) is 5.82 Å². The fourth-order valence-corrected chi connectivity index (χ4v) is 3.44. The minimum Gasteiger partial charge on any atom is -0.465 e. The molecule has 2 N–H and O–H groups in total. The van der Waals surface area contributed by atoms with Crippen LogP contribution in [0.2, 0.25) is 0 Å². The summed E-state index contributed by atoms with van der Waals surface area (Å²) in [6.07, 6.45) is 1.51. The molecule has 3 heterocycles. The van der Waals surface area contributed by atoms with E-state index in [1.165, 1.54) is 10.5 Å². The number of hydrogen-bond acceptors (Lipinski definition) is 4. The molecule has 21 heavy (non-hydrogen) atoms. The van der Waals surface area contributed by atoms with Crippen molar-refractivity contribution in [1.29, 1.82) is 0 Å². The highest BCUT2D eigenvalue weighted by molar-refractivity contribution is 5.67. The van der Waals surface area contributed by atoms with Gasteiger partial charge in [-0.25, -0.2) is 9.78 Å². The van der Waals surface area contributed by atoms with Crippen molar-refractivity contribution in [2.45, 2.75) is 38.3 Å². The number of piperazine rings is 1. The van der Waals surface area contributed by atoms with Crippen LogP contribution in [0.5, 0.6) is 0 Å². The van der Waals surface area contributed by atoms with Gasteiger partial charge in [-0.1, -0.05) is 6.07 Å². The number of carbonyl (C=O) groups is 1. The average molecular weight is 291 g/mol. The van der Waals surface area contributed by atoms with E-state index in [2.05, 4.69) is 17.9 Å². The Hall–Kier alpha value is -1.82. The van der Waals surface area contributed by atoms with Crippen molar-refractivity contribution in [3.8, 4) is 0 Å². The molecule has 0 spiro atoms. The number of amides is 1. The monoisotopic (exact) mass is 291 g/mol. The van der Waals surface area contributed by atoms with Gasteiger partial charge in [-0.2, -0.15) is 0 Å². The Bertz CT molecular complexity index is 549. The number of aliphatic hydroxyl groups is 1. The third-order valence-electron chi connectivity index (χ3n) is 4.36. The smallest absolute Gasteiger partial charge is 0.407 e. The number of hydrogen-bond donors (Lipinski definition) is 2. The normalized spacial score (nSPS) is 23.9. The summed E-state index contributed by atoms with van der Waals surface area (Å²) in [4.78, 5) is 19.7. The van der Waals surface area contributed by atoms with Crippen molar-refractivity contribution in [3.05, 3.63) is 23.4 Å². The summed E-state index contributed by atoms with van der Waals surface area (Å²) in [5, 5.41) is 18.1. The first-order valence-electron chi connectivity index (χ1n) is 7.46. The van der Waals surface area contributed by atoms with Crippen LogP contribution in [-0.4, -0.2) is 58.0 Å². The summed E-state index contributed by atoms with van der Waals surface area (Å²) in [5.41, 5.74) is 2.20. The highest BCUT2D eigenvalue weighted by atomic mass is 16.4.